The van der Waals surface area contributed by atoms with Crippen LogP contribution in [0.15, 0.2) is 49.3 Å². The summed E-state index contributed by atoms with van der Waals surface area (Å²) in [6.07, 6.45) is 4.48. The Hall–Kier alpha value is -3.75. The van der Waals surface area contributed by atoms with Gasteiger partial charge in [-0.1, -0.05) is 0 Å². The molecule has 2 aromatic carbocycles. The average Bonchev–Trinajstić information content (AvgIpc) is 3.19. The lowest BCUT2D eigenvalue weighted by atomic mass is 10.2. The zero-order valence-corrected chi connectivity index (χ0v) is 15.0. The van der Waals surface area contributed by atoms with Gasteiger partial charge in [0.1, 0.15) is 48.7 Å². The summed E-state index contributed by atoms with van der Waals surface area (Å²) in [7, 11) is 0. The standard InChI is InChI=1S/C19H17FN6O2/c1-12-6-15(20)17(8-18(12)27)25-19-14-3-2-13(7-16(14)22-10-23-19)28-5-4-26-11-21-9-24-26/h2-3,6-11,27H,4-5H2,1H3,(H,22,23,25). The van der Waals surface area contributed by atoms with Gasteiger partial charge in [0.2, 0.25) is 0 Å². The van der Waals surface area contributed by atoms with E-state index < -0.39 is 5.82 Å². The molecule has 9 heteroatoms. The number of anilines is 2. The van der Waals surface area contributed by atoms with Crippen molar-refractivity contribution in [3.63, 3.8) is 0 Å². The minimum Gasteiger partial charge on any atom is -0.508 e. The predicted octanol–water partition coefficient (Wildman–Crippen LogP) is 3.20. The smallest absolute Gasteiger partial charge is 0.147 e. The second-order valence-corrected chi connectivity index (χ2v) is 6.15. The number of aromatic hydroxyl groups is 1. The van der Waals surface area contributed by atoms with E-state index in [0.717, 1.165) is 0 Å². The van der Waals surface area contributed by atoms with Crippen molar-refractivity contribution in [3.8, 4) is 11.5 Å². The quantitative estimate of drug-likeness (QED) is 0.530. The number of aromatic nitrogens is 5. The zero-order valence-electron chi connectivity index (χ0n) is 15.0. The van der Waals surface area contributed by atoms with Crippen molar-refractivity contribution in [2.75, 3.05) is 11.9 Å². The molecule has 28 heavy (non-hydrogen) atoms. The van der Waals surface area contributed by atoms with Crippen molar-refractivity contribution in [2.45, 2.75) is 13.5 Å². The van der Waals surface area contributed by atoms with Crippen LogP contribution in [0.2, 0.25) is 0 Å². The van der Waals surface area contributed by atoms with Gasteiger partial charge in [-0.05, 0) is 30.7 Å². The van der Waals surface area contributed by atoms with Crippen LogP contribution in [0.25, 0.3) is 10.9 Å². The molecular formula is C19H17FN6O2. The summed E-state index contributed by atoms with van der Waals surface area (Å²) >= 11 is 0. The molecule has 0 aliphatic carbocycles. The van der Waals surface area contributed by atoms with E-state index in [9.17, 15) is 9.50 Å². The summed E-state index contributed by atoms with van der Waals surface area (Å²) in [6.45, 7) is 2.64. The molecule has 0 saturated heterocycles. The van der Waals surface area contributed by atoms with E-state index >= 15 is 0 Å². The third kappa shape index (κ3) is 3.68. The van der Waals surface area contributed by atoms with Gasteiger partial charge in [0.15, 0.2) is 0 Å². The summed E-state index contributed by atoms with van der Waals surface area (Å²) in [5.74, 6) is 0.609. The summed E-state index contributed by atoms with van der Waals surface area (Å²) in [4.78, 5) is 12.3. The molecule has 0 aliphatic heterocycles. The molecule has 0 saturated carbocycles. The minimum absolute atomic E-state index is 0.00494. The van der Waals surface area contributed by atoms with E-state index in [4.69, 9.17) is 4.74 Å². The first-order valence-corrected chi connectivity index (χ1v) is 8.56. The van der Waals surface area contributed by atoms with Gasteiger partial charge in [-0.3, -0.25) is 0 Å². The van der Waals surface area contributed by atoms with Crippen LogP contribution in [-0.4, -0.2) is 36.4 Å². The highest BCUT2D eigenvalue weighted by Crippen LogP contribution is 2.30. The number of hydrogen-bond acceptors (Lipinski definition) is 7. The summed E-state index contributed by atoms with van der Waals surface area (Å²) < 4.78 is 21.6. The van der Waals surface area contributed by atoms with Gasteiger partial charge in [-0.25, -0.2) is 24.0 Å². The number of ether oxygens (including phenoxy) is 1. The molecule has 0 amide bonds. The van der Waals surface area contributed by atoms with Gasteiger partial charge in [0.25, 0.3) is 0 Å². The lowest BCUT2D eigenvalue weighted by Gasteiger charge is -2.12. The van der Waals surface area contributed by atoms with Gasteiger partial charge in [-0.15, -0.1) is 0 Å². The molecule has 0 unspecified atom stereocenters. The maximum absolute atomic E-state index is 14.2. The van der Waals surface area contributed by atoms with Gasteiger partial charge < -0.3 is 15.2 Å². The molecular weight excluding hydrogens is 363 g/mol. The molecule has 2 aromatic heterocycles. The number of fused-ring (bicyclic) bond motifs is 1. The molecule has 0 radical (unpaired) electrons. The van der Waals surface area contributed by atoms with E-state index in [2.05, 4.69) is 25.4 Å². The highest BCUT2D eigenvalue weighted by molar-refractivity contribution is 5.91. The molecule has 0 bridgehead atoms. The first-order chi connectivity index (χ1) is 13.6. The van der Waals surface area contributed by atoms with Gasteiger partial charge >= 0.3 is 0 Å². The predicted molar refractivity (Wildman–Crippen MR) is 101 cm³/mol. The molecule has 4 rings (SSSR count). The minimum atomic E-state index is -0.477. The third-order valence-electron chi connectivity index (χ3n) is 4.20. The number of benzene rings is 2. The molecule has 0 aliphatic rings. The van der Waals surface area contributed by atoms with Crippen LogP contribution < -0.4 is 10.1 Å². The molecule has 0 spiro atoms. The van der Waals surface area contributed by atoms with Crippen molar-refractivity contribution in [1.29, 1.82) is 0 Å². The summed E-state index contributed by atoms with van der Waals surface area (Å²) in [5, 5.41) is 17.5. The van der Waals surface area contributed by atoms with E-state index in [0.29, 0.717) is 41.2 Å². The van der Waals surface area contributed by atoms with E-state index in [1.165, 1.54) is 24.8 Å². The fraction of sp³-hybridized carbons (Fsp3) is 0.158. The van der Waals surface area contributed by atoms with Crippen LogP contribution in [0, 0.1) is 12.7 Å². The number of halogens is 1. The van der Waals surface area contributed by atoms with Crippen LogP contribution >= 0.6 is 0 Å². The molecule has 142 valence electrons. The maximum Gasteiger partial charge on any atom is 0.147 e. The van der Waals surface area contributed by atoms with Crippen molar-refractivity contribution in [2.24, 2.45) is 0 Å². The number of nitrogens with zero attached hydrogens (tertiary/aromatic N) is 5. The third-order valence-corrected chi connectivity index (χ3v) is 4.20. The van der Waals surface area contributed by atoms with Gasteiger partial charge in [0, 0.05) is 17.5 Å². The first kappa shape index (κ1) is 17.7. The molecule has 2 heterocycles. The normalized spacial score (nSPS) is 10.9. The Bertz CT molecular complexity index is 1120. The first-order valence-electron chi connectivity index (χ1n) is 8.56. The second-order valence-electron chi connectivity index (χ2n) is 6.15. The molecule has 0 fully saturated rings. The number of phenolic OH excluding ortho intramolecular Hbond substituents is 1. The Morgan fingerprint density at radius 3 is 2.89 bits per heavy atom. The highest BCUT2D eigenvalue weighted by atomic mass is 19.1. The fourth-order valence-electron chi connectivity index (χ4n) is 2.72. The van der Waals surface area contributed by atoms with E-state index in [-0.39, 0.29) is 11.4 Å². The van der Waals surface area contributed by atoms with Crippen LogP contribution in [0.1, 0.15) is 5.56 Å². The Kier molecular flexibility index (Phi) is 4.71. The molecule has 0 atom stereocenters. The molecule has 4 aromatic rings. The maximum atomic E-state index is 14.2. The van der Waals surface area contributed by atoms with Gasteiger partial charge in [-0.2, -0.15) is 5.10 Å². The van der Waals surface area contributed by atoms with Crippen molar-refractivity contribution < 1.29 is 14.2 Å². The monoisotopic (exact) mass is 380 g/mol. The summed E-state index contributed by atoms with van der Waals surface area (Å²) in [5.41, 5.74) is 1.24. The number of rotatable bonds is 6. The van der Waals surface area contributed by atoms with E-state index in [1.54, 1.807) is 36.1 Å². The van der Waals surface area contributed by atoms with Crippen molar-refractivity contribution in [1.82, 2.24) is 24.7 Å². The Morgan fingerprint density at radius 1 is 1.18 bits per heavy atom. The second kappa shape index (κ2) is 7.47. The van der Waals surface area contributed by atoms with Crippen LogP contribution in [0.5, 0.6) is 11.5 Å². The van der Waals surface area contributed by atoms with Gasteiger partial charge in [0.05, 0.1) is 17.7 Å². The molecule has 8 nitrogen and oxygen atoms in total. The fourth-order valence-corrected chi connectivity index (χ4v) is 2.72. The number of hydrogen-bond donors (Lipinski definition) is 2. The number of aryl methyl sites for hydroxylation is 1. The van der Waals surface area contributed by atoms with Crippen LogP contribution in [-0.2, 0) is 6.54 Å². The highest BCUT2D eigenvalue weighted by Gasteiger charge is 2.11. The molecule has 2 N–H and O–H groups in total. The number of phenols is 1. The SMILES string of the molecule is Cc1cc(F)c(Nc2ncnc3cc(OCCn4cncn4)ccc23)cc1O. The Morgan fingerprint density at radius 2 is 2.07 bits per heavy atom. The van der Waals surface area contributed by atoms with Crippen molar-refractivity contribution in [3.05, 3.63) is 60.7 Å². The average molecular weight is 380 g/mol. The van der Waals surface area contributed by atoms with E-state index in [1.807, 2.05) is 0 Å². The Labute approximate surface area is 159 Å². The van der Waals surface area contributed by atoms with Crippen LogP contribution in [0.3, 0.4) is 0 Å². The zero-order chi connectivity index (χ0) is 19.5. The van der Waals surface area contributed by atoms with Crippen molar-refractivity contribution >= 4 is 22.4 Å². The van der Waals surface area contributed by atoms with Crippen LogP contribution in [0.4, 0.5) is 15.9 Å². The lowest BCUT2D eigenvalue weighted by molar-refractivity contribution is 0.291. The largest absolute Gasteiger partial charge is 0.508 e. The topological polar surface area (TPSA) is 98.0 Å². The Balaban J connectivity index is 1.54. The summed E-state index contributed by atoms with van der Waals surface area (Å²) in [6, 6.07) is 7.98. The lowest BCUT2D eigenvalue weighted by Crippen LogP contribution is -2.08. The number of nitrogens with one attached hydrogen (secondary N) is 1.